The zero-order valence-electron chi connectivity index (χ0n) is 20.2. The summed E-state index contributed by atoms with van der Waals surface area (Å²) < 4.78 is 28.2. The van der Waals surface area contributed by atoms with Gasteiger partial charge in [-0.1, -0.05) is 18.5 Å². The van der Waals surface area contributed by atoms with Crippen molar-refractivity contribution in [3.05, 3.63) is 26.8 Å². The first-order valence-corrected chi connectivity index (χ1v) is 15.2. The Morgan fingerprint density at radius 1 is 1.17 bits per heavy atom. The van der Waals surface area contributed by atoms with Crippen LogP contribution in [0.4, 0.5) is 0 Å². The number of carbonyl (C=O) groups is 2. The zero-order valence-corrected chi connectivity index (χ0v) is 22.6. The normalized spacial score (nSPS) is 26.7. The zero-order chi connectivity index (χ0) is 25.0. The maximum atomic E-state index is 13.2. The molecule has 4 rings (SSSR count). The summed E-state index contributed by atoms with van der Waals surface area (Å²) in [6.45, 7) is 6.55. The van der Waals surface area contributed by atoms with E-state index in [9.17, 15) is 18.0 Å². The lowest BCUT2D eigenvalue weighted by atomic mass is 9.99. The predicted molar refractivity (Wildman–Crippen MR) is 140 cm³/mol. The number of piperidine rings is 2. The summed E-state index contributed by atoms with van der Waals surface area (Å²) in [7, 11) is -3.82. The number of carbonyl (C=O) groups excluding carboxylic acids is 2. The molecule has 11 heteroatoms. The van der Waals surface area contributed by atoms with Crippen molar-refractivity contribution in [1.29, 1.82) is 0 Å². The topological polar surface area (TPSA) is 90.0 Å². The van der Waals surface area contributed by atoms with Gasteiger partial charge in [0.25, 0.3) is 0 Å². The Bertz CT molecular complexity index is 1040. The van der Waals surface area contributed by atoms with Crippen molar-refractivity contribution >= 4 is 50.9 Å². The standard InChI is InChI=1S/C24H35ClN4O4S2/c1-18-5-2-11-27(15-18)16-19-6-3-13-29(19)23(30)17-28-12-4-7-21(24(28)31)26-35(32,33)14-10-20-8-9-22(25)34-20/h8-10,14,18-19,21,26H,2-7,11-13,15-17H2,1H3/t18?,19-,21-/m0/s1. The molecule has 35 heavy (non-hydrogen) atoms. The average molecular weight is 543 g/mol. The molecule has 0 aromatic carbocycles. The first kappa shape index (κ1) is 26.6. The van der Waals surface area contributed by atoms with Gasteiger partial charge in [-0.25, -0.2) is 8.42 Å². The minimum Gasteiger partial charge on any atom is -0.337 e. The Kier molecular flexibility index (Phi) is 8.91. The molecule has 0 bridgehead atoms. The number of thiophene rings is 1. The van der Waals surface area contributed by atoms with Crippen LogP contribution in [0.2, 0.25) is 4.34 Å². The molecule has 1 aromatic heterocycles. The number of hydrogen-bond acceptors (Lipinski definition) is 6. The summed E-state index contributed by atoms with van der Waals surface area (Å²) in [5.74, 6) is 0.323. The number of rotatable bonds is 8. The molecule has 3 saturated heterocycles. The number of hydrogen-bond donors (Lipinski definition) is 1. The van der Waals surface area contributed by atoms with E-state index in [1.54, 1.807) is 12.1 Å². The summed E-state index contributed by atoms with van der Waals surface area (Å²) in [5.41, 5.74) is 0. The molecule has 0 radical (unpaired) electrons. The first-order chi connectivity index (χ1) is 16.7. The minimum atomic E-state index is -3.82. The second kappa shape index (κ2) is 11.7. The fraction of sp³-hybridized carbons (Fsp3) is 0.667. The van der Waals surface area contributed by atoms with Crippen LogP contribution < -0.4 is 4.72 Å². The molecule has 2 amide bonds. The first-order valence-electron chi connectivity index (χ1n) is 12.5. The molecule has 0 saturated carbocycles. The van der Waals surface area contributed by atoms with Gasteiger partial charge in [-0.15, -0.1) is 11.3 Å². The van der Waals surface area contributed by atoms with Gasteiger partial charge in [0.1, 0.15) is 6.04 Å². The van der Waals surface area contributed by atoms with E-state index in [1.807, 2.05) is 4.90 Å². The SMILES string of the molecule is CC1CCCN(C[C@@H]2CCCN2C(=O)CN2CCC[C@H](NS(=O)(=O)C=Cc3ccc(Cl)s3)C2=O)C1. The summed E-state index contributed by atoms with van der Waals surface area (Å²) in [4.78, 5) is 32.9. The summed E-state index contributed by atoms with van der Waals surface area (Å²) in [6.07, 6.45) is 6.98. The third-order valence-electron chi connectivity index (χ3n) is 7.08. The van der Waals surface area contributed by atoms with E-state index in [0.717, 1.165) is 44.4 Å². The van der Waals surface area contributed by atoms with Gasteiger partial charge in [-0.2, -0.15) is 4.72 Å². The highest BCUT2D eigenvalue weighted by Crippen LogP contribution is 2.24. The van der Waals surface area contributed by atoms with E-state index in [-0.39, 0.29) is 24.4 Å². The van der Waals surface area contributed by atoms with Crippen molar-refractivity contribution in [2.75, 3.05) is 39.3 Å². The maximum Gasteiger partial charge on any atom is 0.242 e. The van der Waals surface area contributed by atoms with E-state index in [1.165, 1.54) is 35.2 Å². The van der Waals surface area contributed by atoms with Crippen LogP contribution in [0.5, 0.6) is 0 Å². The van der Waals surface area contributed by atoms with Crippen molar-refractivity contribution in [3.8, 4) is 0 Å². The number of halogens is 1. The molecule has 3 atom stereocenters. The molecule has 8 nitrogen and oxygen atoms in total. The Morgan fingerprint density at radius 3 is 2.69 bits per heavy atom. The van der Waals surface area contributed by atoms with Crippen molar-refractivity contribution in [2.24, 2.45) is 5.92 Å². The molecular weight excluding hydrogens is 508 g/mol. The second-order valence-electron chi connectivity index (χ2n) is 9.95. The van der Waals surface area contributed by atoms with Gasteiger partial charge in [0.2, 0.25) is 21.8 Å². The summed E-state index contributed by atoms with van der Waals surface area (Å²) in [5, 5.41) is 1.06. The number of amides is 2. The van der Waals surface area contributed by atoms with Crippen LogP contribution in [-0.4, -0.2) is 86.3 Å². The minimum absolute atomic E-state index is 0.00744. The Hall–Kier alpha value is -1.46. The van der Waals surface area contributed by atoms with E-state index in [2.05, 4.69) is 16.5 Å². The Balaban J connectivity index is 1.32. The molecule has 4 heterocycles. The third-order valence-corrected chi connectivity index (χ3v) is 9.38. The molecule has 0 spiro atoms. The van der Waals surface area contributed by atoms with Gasteiger partial charge in [-0.05, 0) is 69.2 Å². The highest BCUT2D eigenvalue weighted by Gasteiger charge is 2.36. The van der Waals surface area contributed by atoms with Crippen molar-refractivity contribution in [3.63, 3.8) is 0 Å². The van der Waals surface area contributed by atoms with Gasteiger partial charge in [0, 0.05) is 42.5 Å². The second-order valence-corrected chi connectivity index (χ2v) is 13.3. The molecule has 3 fully saturated rings. The lowest BCUT2D eigenvalue weighted by molar-refractivity contribution is -0.143. The molecular formula is C24H35ClN4O4S2. The van der Waals surface area contributed by atoms with Crippen LogP contribution in [0.3, 0.4) is 0 Å². The molecule has 3 aliphatic rings. The van der Waals surface area contributed by atoms with Crippen LogP contribution >= 0.6 is 22.9 Å². The van der Waals surface area contributed by atoms with Crippen LogP contribution in [0, 0.1) is 5.92 Å². The molecule has 3 aliphatic heterocycles. The van der Waals surface area contributed by atoms with Crippen LogP contribution in [0.15, 0.2) is 17.5 Å². The molecule has 0 aliphatic carbocycles. The number of nitrogens with zero attached hydrogens (tertiary/aromatic N) is 3. The van der Waals surface area contributed by atoms with Gasteiger partial charge in [0.15, 0.2) is 0 Å². The maximum absolute atomic E-state index is 13.2. The lowest BCUT2D eigenvalue weighted by Crippen LogP contribution is -2.55. The van der Waals surface area contributed by atoms with E-state index in [4.69, 9.17) is 11.6 Å². The fourth-order valence-corrected chi connectivity index (χ4v) is 7.45. The lowest BCUT2D eigenvalue weighted by Gasteiger charge is -2.37. The van der Waals surface area contributed by atoms with Crippen molar-refractivity contribution in [2.45, 2.75) is 57.5 Å². The molecule has 1 N–H and O–H groups in total. The number of likely N-dealkylation sites (tertiary alicyclic amines) is 3. The van der Waals surface area contributed by atoms with Crippen LogP contribution in [0.1, 0.15) is 50.3 Å². The smallest absolute Gasteiger partial charge is 0.242 e. The van der Waals surface area contributed by atoms with Crippen molar-refractivity contribution in [1.82, 2.24) is 19.4 Å². The van der Waals surface area contributed by atoms with E-state index < -0.39 is 16.1 Å². The highest BCUT2D eigenvalue weighted by atomic mass is 35.5. The van der Waals surface area contributed by atoms with Gasteiger partial charge in [-0.3, -0.25) is 9.59 Å². The third kappa shape index (κ3) is 7.29. The fourth-order valence-electron chi connectivity index (χ4n) is 5.38. The largest absolute Gasteiger partial charge is 0.337 e. The number of sulfonamides is 1. The average Bonchev–Trinajstić information content (AvgIpc) is 3.44. The molecule has 194 valence electrons. The van der Waals surface area contributed by atoms with Crippen LogP contribution in [0.25, 0.3) is 6.08 Å². The monoisotopic (exact) mass is 542 g/mol. The predicted octanol–water partition coefficient (Wildman–Crippen LogP) is 3.01. The quantitative estimate of drug-likeness (QED) is 0.545. The Labute approximate surface area is 217 Å². The van der Waals surface area contributed by atoms with Gasteiger partial charge in [0.05, 0.1) is 10.9 Å². The Morgan fingerprint density at radius 2 is 1.94 bits per heavy atom. The highest BCUT2D eigenvalue weighted by molar-refractivity contribution is 7.92. The van der Waals surface area contributed by atoms with E-state index in [0.29, 0.717) is 34.5 Å². The van der Waals surface area contributed by atoms with Crippen LogP contribution in [-0.2, 0) is 19.6 Å². The van der Waals surface area contributed by atoms with Gasteiger partial charge < -0.3 is 14.7 Å². The number of nitrogens with one attached hydrogen (secondary N) is 1. The van der Waals surface area contributed by atoms with Crippen molar-refractivity contribution < 1.29 is 18.0 Å². The van der Waals surface area contributed by atoms with E-state index >= 15 is 0 Å². The molecule has 1 unspecified atom stereocenters. The summed E-state index contributed by atoms with van der Waals surface area (Å²) in [6, 6.07) is 2.76. The summed E-state index contributed by atoms with van der Waals surface area (Å²) >= 11 is 7.16. The van der Waals surface area contributed by atoms with Gasteiger partial charge >= 0.3 is 0 Å². The molecule has 1 aromatic rings.